The predicted octanol–water partition coefficient (Wildman–Crippen LogP) is 6.13. The van der Waals surface area contributed by atoms with Gasteiger partial charge in [0.25, 0.3) is 0 Å². The molecule has 0 aliphatic carbocycles. The summed E-state index contributed by atoms with van der Waals surface area (Å²) in [6.45, 7) is 2.01. The Kier molecular flexibility index (Phi) is 7.75. The number of sulfone groups is 1. The van der Waals surface area contributed by atoms with Crippen LogP contribution in [0.15, 0.2) is 65.6 Å². The maximum Gasteiger partial charge on any atom is 0.179 e. The summed E-state index contributed by atoms with van der Waals surface area (Å²) < 4.78 is 58.9. The molecule has 0 amide bonds. The second-order valence-electron chi connectivity index (χ2n) is 9.62. The van der Waals surface area contributed by atoms with Crippen LogP contribution < -0.4 is 4.74 Å². The van der Waals surface area contributed by atoms with Crippen LogP contribution in [0.2, 0.25) is 5.02 Å². The van der Waals surface area contributed by atoms with Crippen LogP contribution in [0.5, 0.6) is 11.5 Å². The first kappa shape index (κ1) is 26.7. The largest absolute Gasteiger partial charge is 0.508 e. The lowest BCUT2D eigenvalue weighted by Gasteiger charge is -2.18. The molecule has 0 radical (unpaired) electrons. The highest BCUT2D eigenvalue weighted by Gasteiger charge is 2.30. The van der Waals surface area contributed by atoms with E-state index in [1.165, 1.54) is 24.3 Å². The first-order valence-electron chi connectivity index (χ1n) is 12.6. The van der Waals surface area contributed by atoms with Crippen molar-refractivity contribution in [3.05, 3.63) is 88.2 Å². The van der Waals surface area contributed by atoms with Gasteiger partial charge in [-0.2, -0.15) is 0 Å². The van der Waals surface area contributed by atoms with Gasteiger partial charge in [-0.05, 0) is 84.0 Å². The Labute approximate surface area is 226 Å². The Hall–Kier alpha value is -2.94. The van der Waals surface area contributed by atoms with Gasteiger partial charge in [-0.1, -0.05) is 29.8 Å². The Morgan fingerprint density at radius 3 is 2.55 bits per heavy atom. The Bertz CT molecular complexity index is 1470. The van der Waals surface area contributed by atoms with E-state index in [1.54, 1.807) is 12.1 Å². The number of phenolic OH excluding ortho intramolecular Hbond substituents is 1. The molecule has 5 nitrogen and oxygen atoms in total. The molecular formula is C29H28ClF2NO4S. The molecule has 1 fully saturated rings. The van der Waals surface area contributed by atoms with Crippen molar-refractivity contribution in [3.8, 4) is 11.5 Å². The SMILES string of the molecule is O=S1(=O)CCC(c2ccc(F)cc2Cl)=C(c2ccc(O[C@H]3CCN(CCCF)C3)cc2)c2ccc(O)cc21. The first-order valence-corrected chi connectivity index (χ1v) is 14.6. The minimum Gasteiger partial charge on any atom is -0.508 e. The summed E-state index contributed by atoms with van der Waals surface area (Å²) in [5.74, 6) is -0.127. The molecule has 5 rings (SSSR count). The minimum absolute atomic E-state index is 0.0139. The first-order chi connectivity index (χ1) is 18.2. The molecule has 1 saturated heterocycles. The van der Waals surface area contributed by atoms with Crippen LogP contribution in [0.25, 0.3) is 11.1 Å². The highest BCUT2D eigenvalue weighted by Crippen LogP contribution is 2.43. The van der Waals surface area contributed by atoms with Gasteiger partial charge in [-0.15, -0.1) is 0 Å². The lowest BCUT2D eigenvalue weighted by molar-refractivity contribution is 0.198. The summed E-state index contributed by atoms with van der Waals surface area (Å²) in [6, 6.07) is 15.8. The molecule has 2 aliphatic rings. The van der Waals surface area contributed by atoms with Gasteiger partial charge in [0.05, 0.1) is 22.3 Å². The lowest BCUT2D eigenvalue weighted by Crippen LogP contribution is -2.26. The average molecular weight is 560 g/mol. The molecule has 2 heterocycles. The topological polar surface area (TPSA) is 66.8 Å². The molecule has 0 aromatic heterocycles. The Morgan fingerprint density at radius 1 is 1.05 bits per heavy atom. The predicted molar refractivity (Wildman–Crippen MR) is 145 cm³/mol. The maximum atomic E-state index is 13.9. The molecule has 2 aliphatic heterocycles. The molecule has 0 unspecified atom stereocenters. The molecular weight excluding hydrogens is 532 g/mol. The normalized spacial score (nSPS) is 19.3. The van der Waals surface area contributed by atoms with Crippen molar-refractivity contribution in [3.63, 3.8) is 0 Å². The van der Waals surface area contributed by atoms with Crippen molar-refractivity contribution in [2.75, 3.05) is 32.1 Å². The highest BCUT2D eigenvalue weighted by molar-refractivity contribution is 7.91. The van der Waals surface area contributed by atoms with Crippen LogP contribution in [0.1, 0.15) is 36.0 Å². The Morgan fingerprint density at radius 2 is 1.82 bits per heavy atom. The second kappa shape index (κ2) is 11.0. The van der Waals surface area contributed by atoms with E-state index in [1.807, 2.05) is 24.3 Å². The number of aromatic hydroxyl groups is 1. The van der Waals surface area contributed by atoms with E-state index >= 15 is 0 Å². The van der Waals surface area contributed by atoms with Gasteiger partial charge in [-0.3, -0.25) is 9.29 Å². The monoisotopic (exact) mass is 559 g/mol. The number of hydrogen-bond donors (Lipinski definition) is 1. The maximum absolute atomic E-state index is 13.9. The third kappa shape index (κ3) is 5.58. The fraction of sp³-hybridized carbons (Fsp3) is 0.310. The van der Waals surface area contributed by atoms with Crippen molar-refractivity contribution in [2.45, 2.75) is 30.3 Å². The number of ether oxygens (including phenoxy) is 1. The van der Waals surface area contributed by atoms with Gasteiger partial charge < -0.3 is 9.84 Å². The number of benzene rings is 3. The molecule has 0 saturated carbocycles. The fourth-order valence-corrected chi connectivity index (χ4v) is 6.99. The van der Waals surface area contributed by atoms with Crippen molar-refractivity contribution in [2.24, 2.45) is 0 Å². The zero-order valence-corrected chi connectivity index (χ0v) is 22.2. The van der Waals surface area contributed by atoms with Crippen molar-refractivity contribution >= 4 is 32.6 Å². The number of fused-ring (bicyclic) bond motifs is 1. The average Bonchev–Trinajstić information content (AvgIpc) is 3.29. The standard InChI is InChI=1S/C29H28ClF2NO4S/c30-27-16-20(32)4-8-24(27)25-11-15-38(35,36)28-17-21(34)5-9-26(28)29(25)19-2-6-22(7-3-19)37-23-10-14-33(18-23)13-1-12-31/h2-9,16-17,23,34H,1,10-15,18H2/t23-/m0/s1. The zero-order chi connectivity index (χ0) is 26.9. The molecule has 0 spiro atoms. The third-order valence-corrected chi connectivity index (χ3v) is 9.09. The highest BCUT2D eigenvalue weighted by atomic mass is 35.5. The molecule has 1 atom stereocenters. The number of rotatable bonds is 7. The van der Waals surface area contributed by atoms with Gasteiger partial charge in [-0.25, -0.2) is 12.8 Å². The number of likely N-dealkylation sites (tertiary alicyclic amines) is 1. The van der Waals surface area contributed by atoms with Crippen LogP contribution in [-0.4, -0.2) is 56.6 Å². The molecule has 1 N–H and O–H groups in total. The quantitative estimate of drug-likeness (QED) is 0.377. The molecule has 38 heavy (non-hydrogen) atoms. The van der Waals surface area contributed by atoms with Crippen LogP contribution in [0.3, 0.4) is 0 Å². The van der Waals surface area contributed by atoms with E-state index in [0.29, 0.717) is 34.4 Å². The summed E-state index contributed by atoms with van der Waals surface area (Å²) in [4.78, 5) is 2.24. The van der Waals surface area contributed by atoms with E-state index in [4.69, 9.17) is 16.3 Å². The third-order valence-electron chi connectivity index (χ3n) is 7.03. The number of alkyl halides is 1. The van der Waals surface area contributed by atoms with Crippen molar-refractivity contribution in [1.82, 2.24) is 4.90 Å². The zero-order valence-electron chi connectivity index (χ0n) is 20.7. The number of halogens is 3. The van der Waals surface area contributed by atoms with E-state index in [2.05, 4.69) is 4.90 Å². The van der Waals surface area contributed by atoms with Gasteiger partial charge in [0.15, 0.2) is 9.84 Å². The molecule has 200 valence electrons. The van der Waals surface area contributed by atoms with Gasteiger partial charge >= 0.3 is 0 Å². The van der Waals surface area contributed by atoms with E-state index in [0.717, 1.165) is 31.6 Å². The van der Waals surface area contributed by atoms with E-state index in [9.17, 15) is 22.3 Å². The summed E-state index contributed by atoms with van der Waals surface area (Å²) in [6.07, 6.45) is 1.56. The summed E-state index contributed by atoms with van der Waals surface area (Å²) in [7, 11) is -3.71. The number of hydrogen-bond acceptors (Lipinski definition) is 5. The summed E-state index contributed by atoms with van der Waals surface area (Å²) in [5.41, 5.74) is 3.07. The van der Waals surface area contributed by atoms with E-state index < -0.39 is 15.7 Å². The second-order valence-corrected chi connectivity index (χ2v) is 12.1. The Balaban J connectivity index is 1.55. The molecule has 9 heteroatoms. The van der Waals surface area contributed by atoms with Crippen LogP contribution in [-0.2, 0) is 9.84 Å². The summed E-state index contributed by atoms with van der Waals surface area (Å²) >= 11 is 6.45. The van der Waals surface area contributed by atoms with Crippen LogP contribution in [0.4, 0.5) is 8.78 Å². The van der Waals surface area contributed by atoms with Crippen molar-refractivity contribution < 1.29 is 27.0 Å². The van der Waals surface area contributed by atoms with E-state index in [-0.39, 0.29) is 40.6 Å². The number of allylic oxidation sites excluding steroid dienone is 1. The fourth-order valence-electron chi connectivity index (χ4n) is 5.21. The van der Waals surface area contributed by atoms with Crippen molar-refractivity contribution in [1.29, 1.82) is 0 Å². The molecule has 0 bridgehead atoms. The number of nitrogens with zero attached hydrogens (tertiary/aromatic N) is 1. The van der Waals surface area contributed by atoms with Crippen LogP contribution >= 0.6 is 11.6 Å². The minimum atomic E-state index is -3.71. The summed E-state index contributed by atoms with van der Waals surface area (Å²) in [5, 5.41) is 10.3. The lowest BCUT2D eigenvalue weighted by atomic mass is 9.88. The number of phenols is 1. The van der Waals surface area contributed by atoms with Gasteiger partial charge in [0.2, 0.25) is 0 Å². The molecule has 3 aromatic rings. The molecule has 3 aromatic carbocycles. The van der Waals surface area contributed by atoms with Gasteiger partial charge in [0.1, 0.15) is 23.4 Å². The van der Waals surface area contributed by atoms with Crippen LogP contribution in [0, 0.1) is 5.82 Å². The smallest absolute Gasteiger partial charge is 0.179 e. The van der Waals surface area contributed by atoms with Gasteiger partial charge in [0, 0.05) is 25.2 Å².